The van der Waals surface area contributed by atoms with E-state index in [4.69, 9.17) is 9.47 Å². The minimum absolute atomic E-state index is 0.136. The summed E-state index contributed by atoms with van der Waals surface area (Å²) < 4.78 is 11.3. The van der Waals surface area contributed by atoms with E-state index in [1.807, 2.05) is 60.7 Å². The number of carbonyl (C=O) groups excluding carboxylic acids is 1. The van der Waals surface area contributed by atoms with Crippen molar-refractivity contribution in [2.75, 3.05) is 13.2 Å². The molecular weight excluding hydrogens is 612 g/mol. The van der Waals surface area contributed by atoms with Crippen LogP contribution in [0.1, 0.15) is 114 Å². The second-order valence-corrected chi connectivity index (χ2v) is 13.5. The fraction of sp³-hybridized carbons (Fsp3) is 0.667. The number of aliphatic hydroxyl groups excluding tert-OH is 6. The fourth-order valence-electron chi connectivity index (χ4n) is 6.61. The summed E-state index contributed by atoms with van der Waals surface area (Å²) in [6.45, 7) is 1.35. The Hall–Kier alpha value is -2.21. The Balaban J connectivity index is 1.61. The van der Waals surface area contributed by atoms with Crippen molar-refractivity contribution in [1.82, 2.24) is 0 Å². The van der Waals surface area contributed by atoms with E-state index in [1.165, 1.54) is 51.4 Å². The predicted molar refractivity (Wildman–Crippen MR) is 185 cm³/mol. The molecule has 9 heteroatoms. The minimum Gasteiger partial charge on any atom is -0.394 e. The molecule has 0 radical (unpaired) electrons. The highest BCUT2D eigenvalue weighted by Crippen LogP contribution is 2.31. The number of ketones is 1. The van der Waals surface area contributed by atoms with Crippen molar-refractivity contribution in [1.29, 1.82) is 0 Å². The average Bonchev–Trinajstić information content (AvgIpc) is 3.10. The molecule has 2 aromatic rings. The monoisotopic (exact) mass is 672 g/mol. The number of rotatable bonds is 24. The second-order valence-electron chi connectivity index (χ2n) is 13.5. The van der Waals surface area contributed by atoms with Gasteiger partial charge in [-0.3, -0.25) is 4.79 Å². The normalized spacial score (nSPS) is 23.2. The second kappa shape index (κ2) is 22.5. The molecule has 0 aliphatic carbocycles. The molecule has 2 aromatic carbocycles. The first-order valence-corrected chi connectivity index (χ1v) is 18.2. The van der Waals surface area contributed by atoms with Crippen molar-refractivity contribution in [3.63, 3.8) is 0 Å². The van der Waals surface area contributed by atoms with Gasteiger partial charge >= 0.3 is 0 Å². The molecule has 0 aromatic heterocycles. The first-order valence-electron chi connectivity index (χ1n) is 18.2. The molecule has 0 saturated carbocycles. The lowest BCUT2D eigenvalue weighted by Gasteiger charge is -2.40. The molecule has 48 heavy (non-hydrogen) atoms. The predicted octanol–water partition coefficient (Wildman–Crippen LogP) is 5.02. The summed E-state index contributed by atoms with van der Waals surface area (Å²) in [5.41, 5.74) is 1.60. The Morgan fingerprint density at radius 2 is 1.23 bits per heavy atom. The number of benzene rings is 2. The SMILES string of the molecule is CCCCCCCCCCCCCC[C@@H](O)[C@@H](O)[C@H](COC1OC(CO)C(O)C(O)C1O)CC(=O)C(c1ccccc1)c1ccccc1. The topological polar surface area (TPSA) is 157 Å². The number of unbranched alkanes of at least 4 members (excludes halogenated alkanes) is 11. The first kappa shape index (κ1) is 40.2. The molecular formula is C39H60O9. The molecule has 0 spiro atoms. The summed E-state index contributed by atoms with van der Waals surface area (Å²) in [6, 6.07) is 18.8. The maximum atomic E-state index is 14.0. The van der Waals surface area contributed by atoms with E-state index in [2.05, 4.69) is 6.92 Å². The van der Waals surface area contributed by atoms with Gasteiger partial charge in [0.25, 0.3) is 0 Å². The van der Waals surface area contributed by atoms with Crippen molar-refractivity contribution in [3.05, 3.63) is 71.8 Å². The van der Waals surface area contributed by atoms with Crippen molar-refractivity contribution < 1.29 is 44.9 Å². The Morgan fingerprint density at radius 3 is 1.73 bits per heavy atom. The standard InChI is InChI=1S/C39H60O9/c1-2-3-4-5-6-7-8-9-10-11-12-19-24-31(41)35(43)30(27-47-39-38(46)37(45)36(44)33(26-40)48-39)25-32(42)34(28-20-15-13-16-21-28)29-22-17-14-18-23-29/h13-18,20-23,30-31,33-41,43-46H,2-12,19,24-27H2,1H3/t30-,31+,33?,35-,36?,37?,38?,39?/m0/s1. The summed E-state index contributed by atoms with van der Waals surface area (Å²) in [5, 5.41) is 62.9. The van der Waals surface area contributed by atoms with Crippen molar-refractivity contribution >= 4 is 5.78 Å². The van der Waals surface area contributed by atoms with Crippen LogP contribution in [-0.4, -0.2) is 92.5 Å². The molecule has 270 valence electrons. The molecule has 3 rings (SSSR count). The molecule has 9 nitrogen and oxygen atoms in total. The van der Waals surface area contributed by atoms with Crippen LogP contribution in [0.25, 0.3) is 0 Å². The van der Waals surface area contributed by atoms with Gasteiger partial charge in [0.15, 0.2) is 6.29 Å². The van der Waals surface area contributed by atoms with Gasteiger partial charge in [-0.05, 0) is 17.5 Å². The maximum Gasteiger partial charge on any atom is 0.186 e. The van der Waals surface area contributed by atoms with Gasteiger partial charge in [-0.25, -0.2) is 0 Å². The van der Waals surface area contributed by atoms with Crippen LogP contribution >= 0.6 is 0 Å². The smallest absolute Gasteiger partial charge is 0.186 e. The summed E-state index contributed by atoms with van der Waals surface area (Å²) in [5.74, 6) is -1.65. The highest BCUT2D eigenvalue weighted by Gasteiger charge is 2.44. The van der Waals surface area contributed by atoms with E-state index >= 15 is 0 Å². The molecule has 0 amide bonds. The third-order valence-corrected chi connectivity index (χ3v) is 9.60. The van der Waals surface area contributed by atoms with E-state index in [9.17, 15) is 35.4 Å². The molecule has 1 aliphatic heterocycles. The highest BCUT2D eigenvalue weighted by atomic mass is 16.7. The Labute approximate surface area is 286 Å². The van der Waals surface area contributed by atoms with E-state index in [0.717, 1.165) is 36.8 Å². The van der Waals surface area contributed by atoms with Gasteiger partial charge < -0.3 is 40.1 Å². The first-order chi connectivity index (χ1) is 23.3. The van der Waals surface area contributed by atoms with Crippen LogP contribution in [-0.2, 0) is 14.3 Å². The fourth-order valence-corrected chi connectivity index (χ4v) is 6.61. The molecule has 0 bridgehead atoms. The largest absolute Gasteiger partial charge is 0.394 e. The van der Waals surface area contributed by atoms with Gasteiger partial charge in [-0.15, -0.1) is 0 Å². The van der Waals surface area contributed by atoms with E-state index in [-0.39, 0.29) is 18.8 Å². The highest BCUT2D eigenvalue weighted by molar-refractivity contribution is 5.89. The zero-order valence-electron chi connectivity index (χ0n) is 28.7. The Bertz CT molecular complexity index is 1080. The number of carbonyl (C=O) groups is 1. The van der Waals surface area contributed by atoms with Gasteiger partial charge in [-0.2, -0.15) is 0 Å². The van der Waals surface area contributed by atoms with Gasteiger partial charge in [0.05, 0.1) is 31.3 Å². The minimum atomic E-state index is -1.62. The average molecular weight is 673 g/mol. The summed E-state index contributed by atoms with van der Waals surface area (Å²) in [6.07, 6.45) is 4.67. The number of ether oxygens (including phenoxy) is 2. The van der Waals surface area contributed by atoms with Gasteiger partial charge in [0.2, 0.25) is 0 Å². The zero-order chi connectivity index (χ0) is 34.7. The van der Waals surface area contributed by atoms with Crippen LogP contribution in [0.2, 0.25) is 0 Å². The van der Waals surface area contributed by atoms with Crippen LogP contribution in [0, 0.1) is 5.92 Å². The summed E-state index contributed by atoms with van der Waals surface area (Å²) in [7, 11) is 0. The van der Waals surface area contributed by atoms with Gasteiger partial charge in [0, 0.05) is 12.3 Å². The third kappa shape index (κ3) is 12.9. The summed E-state index contributed by atoms with van der Waals surface area (Å²) >= 11 is 0. The lowest BCUT2D eigenvalue weighted by molar-refractivity contribution is -0.304. The van der Waals surface area contributed by atoms with Crippen LogP contribution < -0.4 is 0 Å². The van der Waals surface area contributed by atoms with Gasteiger partial charge in [-0.1, -0.05) is 145 Å². The molecule has 1 heterocycles. The lowest BCUT2D eigenvalue weighted by atomic mass is 9.82. The molecule has 5 unspecified atom stereocenters. The van der Waals surface area contributed by atoms with Crippen molar-refractivity contribution in [3.8, 4) is 0 Å². The molecule has 1 aliphatic rings. The number of aliphatic hydroxyl groups is 6. The van der Waals surface area contributed by atoms with Crippen LogP contribution in [0.3, 0.4) is 0 Å². The third-order valence-electron chi connectivity index (χ3n) is 9.60. The van der Waals surface area contributed by atoms with Crippen LogP contribution in [0.4, 0.5) is 0 Å². The van der Waals surface area contributed by atoms with Crippen LogP contribution in [0.5, 0.6) is 0 Å². The lowest BCUT2D eigenvalue weighted by Crippen LogP contribution is -2.59. The number of Topliss-reactive ketones (excluding diaryl/α,β-unsaturated/α-hetero) is 1. The van der Waals surface area contributed by atoms with Crippen LogP contribution in [0.15, 0.2) is 60.7 Å². The van der Waals surface area contributed by atoms with Gasteiger partial charge in [0.1, 0.15) is 30.2 Å². The van der Waals surface area contributed by atoms with E-state index in [1.54, 1.807) is 0 Å². The summed E-state index contributed by atoms with van der Waals surface area (Å²) in [4.78, 5) is 14.0. The number of hydrogen-bond donors (Lipinski definition) is 6. The Morgan fingerprint density at radius 1 is 0.729 bits per heavy atom. The molecule has 6 N–H and O–H groups in total. The maximum absolute atomic E-state index is 14.0. The van der Waals surface area contributed by atoms with E-state index in [0.29, 0.717) is 6.42 Å². The molecule has 8 atom stereocenters. The molecule has 1 saturated heterocycles. The van der Waals surface area contributed by atoms with Crippen molar-refractivity contribution in [2.45, 2.75) is 146 Å². The van der Waals surface area contributed by atoms with E-state index < -0.39 is 61.4 Å². The zero-order valence-corrected chi connectivity index (χ0v) is 28.7. The Kier molecular flexibility index (Phi) is 18.9. The van der Waals surface area contributed by atoms with Crippen molar-refractivity contribution in [2.24, 2.45) is 5.92 Å². The number of hydrogen-bond acceptors (Lipinski definition) is 9. The quantitative estimate of drug-likeness (QED) is 0.0843. The molecule has 1 fully saturated rings.